The second-order valence-corrected chi connectivity index (χ2v) is 6.39. The van der Waals surface area contributed by atoms with Crippen molar-refractivity contribution in [3.05, 3.63) is 53.0 Å². The minimum atomic E-state index is -0.324. The van der Waals surface area contributed by atoms with Crippen molar-refractivity contribution in [3.8, 4) is 0 Å². The number of carbonyl (C=O) groups is 1. The molecule has 8 nitrogen and oxygen atoms in total. The van der Waals surface area contributed by atoms with Crippen molar-refractivity contribution in [2.45, 2.75) is 40.2 Å². The number of fused-ring (bicyclic) bond motifs is 3. The molecule has 0 N–H and O–H groups in total. The molecule has 0 aliphatic rings. The highest BCUT2D eigenvalue weighted by atomic mass is 16.5. The Bertz CT molecular complexity index is 1150. The van der Waals surface area contributed by atoms with Crippen molar-refractivity contribution in [2.75, 3.05) is 0 Å². The zero-order chi connectivity index (χ0) is 19.0. The fraction of sp³-hybridized carbons (Fsp3) is 0.316. The Labute approximate surface area is 155 Å². The topological polar surface area (TPSA) is 95.4 Å². The van der Waals surface area contributed by atoms with Crippen LogP contribution in [-0.4, -0.2) is 30.8 Å². The number of hydrogen-bond acceptors (Lipinski definition) is 7. The molecule has 3 aromatic heterocycles. The van der Waals surface area contributed by atoms with Gasteiger partial charge in [-0.15, -0.1) is 10.2 Å². The summed E-state index contributed by atoms with van der Waals surface area (Å²) in [6, 6.07) is 7.92. The molecule has 27 heavy (non-hydrogen) atoms. The Morgan fingerprint density at radius 2 is 2.00 bits per heavy atom. The van der Waals surface area contributed by atoms with Crippen LogP contribution in [0, 0.1) is 20.8 Å². The van der Waals surface area contributed by atoms with Gasteiger partial charge in [0, 0.05) is 30.1 Å². The van der Waals surface area contributed by atoms with Gasteiger partial charge in [-0.05, 0) is 38.0 Å². The van der Waals surface area contributed by atoms with E-state index in [1.807, 2.05) is 42.6 Å². The van der Waals surface area contributed by atoms with E-state index < -0.39 is 0 Å². The second kappa shape index (κ2) is 6.79. The number of benzene rings is 1. The molecule has 0 spiro atoms. The highest BCUT2D eigenvalue weighted by molar-refractivity contribution is 5.92. The van der Waals surface area contributed by atoms with E-state index in [0.717, 1.165) is 33.5 Å². The fourth-order valence-electron chi connectivity index (χ4n) is 3.18. The van der Waals surface area contributed by atoms with Crippen LogP contribution in [0.2, 0.25) is 0 Å². The third kappa shape index (κ3) is 3.25. The number of carbonyl (C=O) groups excluding carboxylic acids is 1. The summed E-state index contributed by atoms with van der Waals surface area (Å²) >= 11 is 0. The van der Waals surface area contributed by atoms with E-state index in [9.17, 15) is 4.79 Å². The van der Waals surface area contributed by atoms with Crippen LogP contribution in [0.1, 0.15) is 35.2 Å². The van der Waals surface area contributed by atoms with Crippen LogP contribution in [0.25, 0.3) is 16.6 Å². The molecule has 8 heteroatoms. The van der Waals surface area contributed by atoms with Gasteiger partial charge in [0.2, 0.25) is 5.89 Å². The zero-order valence-corrected chi connectivity index (χ0v) is 15.4. The van der Waals surface area contributed by atoms with Crippen LogP contribution in [0.3, 0.4) is 0 Å². The van der Waals surface area contributed by atoms with Crippen molar-refractivity contribution >= 4 is 22.5 Å². The number of esters is 1. The number of ether oxygens (including phenoxy) is 1. The Kier molecular flexibility index (Phi) is 4.31. The number of hydrogen-bond donors (Lipinski definition) is 0. The van der Waals surface area contributed by atoms with Gasteiger partial charge in [0.1, 0.15) is 0 Å². The summed E-state index contributed by atoms with van der Waals surface area (Å²) < 4.78 is 12.2. The molecule has 0 unspecified atom stereocenters. The van der Waals surface area contributed by atoms with Gasteiger partial charge < -0.3 is 9.15 Å². The monoisotopic (exact) mass is 365 g/mol. The molecule has 0 bridgehead atoms. The van der Waals surface area contributed by atoms with Crippen molar-refractivity contribution in [3.63, 3.8) is 0 Å². The van der Waals surface area contributed by atoms with Crippen LogP contribution < -0.4 is 0 Å². The maximum absolute atomic E-state index is 12.1. The first-order chi connectivity index (χ1) is 13.0. The predicted molar refractivity (Wildman–Crippen MR) is 97.1 cm³/mol. The van der Waals surface area contributed by atoms with Crippen LogP contribution in [-0.2, 0) is 22.6 Å². The summed E-state index contributed by atoms with van der Waals surface area (Å²) in [7, 11) is 0. The fourth-order valence-corrected chi connectivity index (χ4v) is 3.18. The van der Waals surface area contributed by atoms with E-state index in [1.54, 1.807) is 6.92 Å². The Morgan fingerprint density at radius 3 is 2.78 bits per heavy atom. The van der Waals surface area contributed by atoms with E-state index in [2.05, 4.69) is 15.3 Å². The van der Waals surface area contributed by atoms with Crippen LogP contribution in [0.5, 0.6) is 0 Å². The number of rotatable bonds is 5. The van der Waals surface area contributed by atoms with E-state index in [1.165, 1.54) is 0 Å². The van der Waals surface area contributed by atoms with E-state index in [0.29, 0.717) is 18.2 Å². The summed E-state index contributed by atoms with van der Waals surface area (Å²) in [5.41, 5.74) is 4.61. The highest BCUT2D eigenvalue weighted by Crippen LogP contribution is 2.23. The average molecular weight is 365 g/mol. The van der Waals surface area contributed by atoms with Crippen LogP contribution >= 0.6 is 0 Å². The SMILES string of the molecule is Cc1nnc(COC(=O)CCc2c(C)nc3c4ccccc4nn3c2C)o1. The lowest BCUT2D eigenvalue weighted by molar-refractivity contribution is -0.145. The lowest BCUT2D eigenvalue weighted by atomic mass is 10.1. The lowest BCUT2D eigenvalue weighted by Gasteiger charge is -2.10. The smallest absolute Gasteiger partial charge is 0.306 e. The second-order valence-electron chi connectivity index (χ2n) is 6.39. The number of aromatic nitrogens is 5. The molecule has 3 heterocycles. The van der Waals surface area contributed by atoms with Crippen LogP contribution in [0.15, 0.2) is 28.7 Å². The minimum Gasteiger partial charge on any atom is -0.456 e. The van der Waals surface area contributed by atoms with Crippen molar-refractivity contribution < 1.29 is 13.9 Å². The molecule has 0 saturated carbocycles. The third-order valence-corrected chi connectivity index (χ3v) is 4.52. The summed E-state index contributed by atoms with van der Waals surface area (Å²) in [5, 5.41) is 13.2. The molecular formula is C19H19N5O3. The molecule has 1 aromatic carbocycles. The molecular weight excluding hydrogens is 346 g/mol. The van der Waals surface area contributed by atoms with Crippen molar-refractivity contribution in [2.24, 2.45) is 0 Å². The van der Waals surface area contributed by atoms with Crippen molar-refractivity contribution in [1.29, 1.82) is 0 Å². The van der Waals surface area contributed by atoms with Gasteiger partial charge in [-0.1, -0.05) is 12.1 Å². The van der Waals surface area contributed by atoms with Gasteiger partial charge in [0.25, 0.3) is 5.89 Å². The van der Waals surface area contributed by atoms with Gasteiger partial charge in [0.15, 0.2) is 12.3 Å². The molecule has 0 atom stereocenters. The minimum absolute atomic E-state index is 0.0144. The normalized spacial score (nSPS) is 11.4. The summed E-state index contributed by atoms with van der Waals surface area (Å²) in [4.78, 5) is 16.8. The van der Waals surface area contributed by atoms with E-state index in [-0.39, 0.29) is 19.0 Å². The summed E-state index contributed by atoms with van der Waals surface area (Å²) in [6.07, 6.45) is 0.765. The molecule has 138 valence electrons. The first kappa shape index (κ1) is 17.1. The molecule has 0 radical (unpaired) electrons. The third-order valence-electron chi connectivity index (χ3n) is 4.52. The molecule has 0 fully saturated rings. The predicted octanol–water partition coefficient (Wildman–Crippen LogP) is 2.87. The Hall–Kier alpha value is -3.29. The molecule has 0 aliphatic carbocycles. The van der Waals surface area contributed by atoms with Gasteiger partial charge in [0.05, 0.1) is 5.52 Å². The van der Waals surface area contributed by atoms with Crippen molar-refractivity contribution in [1.82, 2.24) is 24.8 Å². The molecule has 0 saturated heterocycles. The van der Waals surface area contributed by atoms with Gasteiger partial charge in [-0.25, -0.2) is 9.50 Å². The average Bonchev–Trinajstić information content (AvgIpc) is 3.23. The largest absolute Gasteiger partial charge is 0.456 e. The Morgan fingerprint density at radius 1 is 1.19 bits per heavy atom. The quantitative estimate of drug-likeness (QED) is 0.502. The van der Waals surface area contributed by atoms with Gasteiger partial charge in [-0.3, -0.25) is 4.79 Å². The molecule has 4 rings (SSSR count). The first-order valence-electron chi connectivity index (χ1n) is 8.71. The maximum Gasteiger partial charge on any atom is 0.306 e. The molecule has 0 aliphatic heterocycles. The van der Waals surface area contributed by atoms with E-state index >= 15 is 0 Å². The summed E-state index contributed by atoms with van der Waals surface area (Å²) in [5.74, 6) is 0.410. The van der Waals surface area contributed by atoms with Gasteiger partial charge in [-0.2, -0.15) is 5.10 Å². The van der Waals surface area contributed by atoms with E-state index in [4.69, 9.17) is 14.1 Å². The molecule has 4 aromatic rings. The highest BCUT2D eigenvalue weighted by Gasteiger charge is 2.15. The Balaban J connectivity index is 1.51. The zero-order valence-electron chi connectivity index (χ0n) is 15.4. The maximum atomic E-state index is 12.1. The van der Waals surface area contributed by atoms with Gasteiger partial charge >= 0.3 is 5.97 Å². The first-order valence-corrected chi connectivity index (χ1v) is 8.71. The summed E-state index contributed by atoms with van der Waals surface area (Å²) in [6.45, 7) is 5.62. The standard InChI is InChI=1S/C19H19N5O3/c1-11-14(8-9-18(25)26-10-17-22-21-13(3)27-17)12(2)24-19(20-11)15-6-4-5-7-16(15)23-24/h4-7H,8-10H2,1-3H3. The number of aryl methyl sites for hydroxylation is 3. The number of nitrogens with zero attached hydrogens (tertiary/aromatic N) is 5. The van der Waals surface area contributed by atoms with Crippen LogP contribution in [0.4, 0.5) is 0 Å². The molecule has 0 amide bonds. The lowest BCUT2D eigenvalue weighted by Crippen LogP contribution is -2.10.